The highest BCUT2D eigenvalue weighted by atomic mass is 35.5. The summed E-state index contributed by atoms with van der Waals surface area (Å²) in [7, 11) is 1.59. The molecule has 0 fully saturated rings. The SMILES string of the molecule is COc1cc(Cl)c(C)cc1Nc1c2c(c3ccccc3c1OC(C)=O)Nc1ccc(Cl)cc1S2. The molecule has 5 rings (SSSR count). The van der Waals surface area contributed by atoms with Gasteiger partial charge in [-0.3, -0.25) is 4.79 Å². The standard InChI is InChI=1S/C26H20Cl2N2O3S/c1-13-10-20(21(32-3)12-18(13)28)30-24-25(33-14(2)31)17-7-5-4-6-16(17)23-26(24)34-22-11-15(27)8-9-19(22)29-23/h4-12,29-30H,1-3H3. The van der Waals surface area contributed by atoms with E-state index in [9.17, 15) is 4.79 Å². The molecule has 1 aliphatic rings. The van der Waals surface area contributed by atoms with Crippen LogP contribution in [-0.2, 0) is 4.79 Å². The Morgan fingerprint density at radius 2 is 1.82 bits per heavy atom. The van der Waals surface area contributed by atoms with Crippen LogP contribution < -0.4 is 20.1 Å². The average Bonchev–Trinajstić information content (AvgIpc) is 2.82. The Kier molecular flexibility index (Phi) is 5.98. The molecule has 0 aromatic heterocycles. The van der Waals surface area contributed by atoms with Gasteiger partial charge < -0.3 is 20.1 Å². The summed E-state index contributed by atoms with van der Waals surface area (Å²) in [5.41, 5.74) is 4.10. The molecule has 4 aromatic carbocycles. The van der Waals surface area contributed by atoms with Crippen molar-refractivity contribution in [2.75, 3.05) is 17.7 Å². The van der Waals surface area contributed by atoms with E-state index in [0.29, 0.717) is 32.9 Å². The quantitative estimate of drug-likeness (QED) is 0.187. The Bertz CT molecular complexity index is 1470. The maximum Gasteiger partial charge on any atom is 0.308 e. The summed E-state index contributed by atoms with van der Waals surface area (Å²) < 4.78 is 11.4. The van der Waals surface area contributed by atoms with Crippen molar-refractivity contribution in [1.29, 1.82) is 0 Å². The van der Waals surface area contributed by atoms with E-state index < -0.39 is 5.97 Å². The summed E-state index contributed by atoms with van der Waals surface area (Å²) in [5, 5.41) is 10.0. The number of halogens is 2. The van der Waals surface area contributed by atoms with Gasteiger partial charge in [-0.1, -0.05) is 59.2 Å². The van der Waals surface area contributed by atoms with Crippen molar-refractivity contribution in [2.45, 2.75) is 23.6 Å². The van der Waals surface area contributed by atoms with Gasteiger partial charge >= 0.3 is 5.97 Å². The number of hydrogen-bond donors (Lipinski definition) is 2. The minimum absolute atomic E-state index is 0.412. The van der Waals surface area contributed by atoms with Gasteiger partial charge in [0.25, 0.3) is 0 Å². The summed E-state index contributed by atoms with van der Waals surface area (Å²) in [6.45, 7) is 3.32. The lowest BCUT2D eigenvalue weighted by Crippen LogP contribution is -2.09. The van der Waals surface area contributed by atoms with Crippen molar-refractivity contribution in [3.8, 4) is 11.5 Å². The molecule has 8 heteroatoms. The van der Waals surface area contributed by atoms with Crippen LogP contribution in [0.3, 0.4) is 0 Å². The van der Waals surface area contributed by atoms with E-state index in [1.54, 1.807) is 24.9 Å². The highest BCUT2D eigenvalue weighted by molar-refractivity contribution is 8.00. The fraction of sp³-hybridized carbons (Fsp3) is 0.115. The summed E-state index contributed by atoms with van der Waals surface area (Å²) in [4.78, 5) is 14.0. The number of aryl methyl sites for hydroxylation is 1. The van der Waals surface area contributed by atoms with Gasteiger partial charge in [-0.15, -0.1) is 0 Å². The van der Waals surface area contributed by atoms with Crippen LogP contribution in [0.25, 0.3) is 10.8 Å². The molecule has 0 amide bonds. The number of anilines is 4. The van der Waals surface area contributed by atoms with Crippen molar-refractivity contribution in [3.05, 3.63) is 70.2 Å². The van der Waals surface area contributed by atoms with Gasteiger partial charge in [0.2, 0.25) is 0 Å². The minimum Gasteiger partial charge on any atom is -0.495 e. The number of hydrogen-bond acceptors (Lipinski definition) is 6. The van der Waals surface area contributed by atoms with E-state index in [2.05, 4.69) is 10.6 Å². The van der Waals surface area contributed by atoms with Crippen LogP contribution in [0.2, 0.25) is 10.0 Å². The lowest BCUT2D eigenvalue weighted by molar-refractivity contribution is -0.131. The zero-order chi connectivity index (χ0) is 24.0. The first-order chi connectivity index (χ1) is 16.4. The number of carbonyl (C=O) groups is 1. The third-order valence-corrected chi connectivity index (χ3v) is 7.34. The number of carbonyl (C=O) groups excluding carboxylic acids is 1. The smallest absolute Gasteiger partial charge is 0.308 e. The van der Waals surface area contributed by atoms with Crippen molar-refractivity contribution in [2.24, 2.45) is 0 Å². The largest absolute Gasteiger partial charge is 0.495 e. The van der Waals surface area contributed by atoms with Gasteiger partial charge in [0.15, 0.2) is 5.75 Å². The van der Waals surface area contributed by atoms with E-state index in [1.165, 1.54) is 6.92 Å². The van der Waals surface area contributed by atoms with E-state index in [4.69, 9.17) is 32.7 Å². The van der Waals surface area contributed by atoms with Crippen molar-refractivity contribution < 1.29 is 14.3 Å². The molecule has 0 spiro atoms. The molecular formula is C26H20Cl2N2O3S. The van der Waals surface area contributed by atoms with Gasteiger partial charge in [-0.25, -0.2) is 0 Å². The Morgan fingerprint density at radius 1 is 1.06 bits per heavy atom. The number of benzene rings is 4. The maximum atomic E-state index is 12.2. The van der Waals surface area contributed by atoms with Gasteiger partial charge in [0.05, 0.1) is 34.8 Å². The van der Waals surface area contributed by atoms with Crippen LogP contribution in [0.4, 0.5) is 22.7 Å². The molecule has 1 aliphatic heterocycles. The molecule has 0 saturated carbocycles. The summed E-state index contributed by atoms with van der Waals surface area (Å²) in [6, 6.07) is 17.2. The van der Waals surface area contributed by atoms with Crippen LogP contribution in [0.15, 0.2) is 64.4 Å². The van der Waals surface area contributed by atoms with Crippen LogP contribution >= 0.6 is 35.0 Å². The first-order valence-corrected chi connectivity index (χ1v) is 12.1. The van der Waals surface area contributed by atoms with E-state index >= 15 is 0 Å². The van der Waals surface area contributed by atoms with Gasteiger partial charge in [-0.05, 0) is 36.8 Å². The second-order valence-electron chi connectivity index (χ2n) is 7.84. The number of esters is 1. The zero-order valence-corrected chi connectivity index (χ0v) is 20.9. The van der Waals surface area contributed by atoms with Gasteiger partial charge in [-0.2, -0.15) is 0 Å². The second-order valence-corrected chi connectivity index (χ2v) is 9.74. The highest BCUT2D eigenvalue weighted by Gasteiger charge is 2.27. The normalized spacial score (nSPS) is 11.9. The number of methoxy groups -OCH3 is 1. The minimum atomic E-state index is -0.412. The van der Waals surface area contributed by atoms with Crippen molar-refractivity contribution in [3.63, 3.8) is 0 Å². The second kappa shape index (κ2) is 8.95. The molecule has 2 N–H and O–H groups in total. The van der Waals surface area contributed by atoms with Crippen LogP contribution in [0.5, 0.6) is 11.5 Å². The third kappa shape index (κ3) is 4.02. The number of fused-ring (bicyclic) bond motifs is 4. The monoisotopic (exact) mass is 510 g/mol. The van der Waals surface area contributed by atoms with Gasteiger partial charge in [0, 0.05) is 38.7 Å². The molecule has 0 saturated heterocycles. The Labute approximate surface area is 211 Å². The predicted molar refractivity (Wildman–Crippen MR) is 140 cm³/mol. The first kappa shape index (κ1) is 22.7. The summed E-state index contributed by atoms with van der Waals surface area (Å²) in [5.74, 6) is 0.601. The lowest BCUT2D eigenvalue weighted by Gasteiger charge is -2.27. The molecule has 5 nitrogen and oxygen atoms in total. The maximum absolute atomic E-state index is 12.2. The molecular weight excluding hydrogens is 491 g/mol. The number of nitrogens with one attached hydrogen (secondary N) is 2. The Hall–Kier alpha value is -3.06. The molecule has 0 aliphatic carbocycles. The van der Waals surface area contributed by atoms with Gasteiger partial charge in [0.1, 0.15) is 5.75 Å². The summed E-state index contributed by atoms with van der Waals surface area (Å²) >= 11 is 14.2. The van der Waals surface area contributed by atoms with Crippen LogP contribution in [0, 0.1) is 6.92 Å². The molecule has 0 radical (unpaired) electrons. The Morgan fingerprint density at radius 3 is 2.56 bits per heavy atom. The molecule has 4 aromatic rings. The highest BCUT2D eigenvalue weighted by Crippen LogP contribution is 2.56. The Balaban J connectivity index is 1.79. The predicted octanol–water partition coefficient (Wildman–Crippen LogP) is 8.34. The molecule has 172 valence electrons. The van der Waals surface area contributed by atoms with E-state index in [1.807, 2.05) is 55.5 Å². The first-order valence-electron chi connectivity index (χ1n) is 10.5. The molecule has 0 unspecified atom stereocenters. The topological polar surface area (TPSA) is 59.6 Å². The molecule has 0 bridgehead atoms. The zero-order valence-electron chi connectivity index (χ0n) is 18.6. The lowest BCUT2D eigenvalue weighted by atomic mass is 10.0. The molecule has 34 heavy (non-hydrogen) atoms. The molecule has 0 atom stereocenters. The van der Waals surface area contributed by atoms with Crippen molar-refractivity contribution in [1.82, 2.24) is 0 Å². The van der Waals surface area contributed by atoms with Crippen LogP contribution in [-0.4, -0.2) is 13.1 Å². The van der Waals surface area contributed by atoms with E-state index in [-0.39, 0.29) is 0 Å². The molecule has 1 heterocycles. The van der Waals surface area contributed by atoms with E-state index in [0.717, 1.165) is 37.5 Å². The average molecular weight is 511 g/mol. The van der Waals surface area contributed by atoms with Crippen LogP contribution in [0.1, 0.15) is 12.5 Å². The number of ether oxygens (including phenoxy) is 2. The fourth-order valence-electron chi connectivity index (χ4n) is 3.97. The number of rotatable bonds is 4. The summed E-state index contributed by atoms with van der Waals surface area (Å²) in [6.07, 6.45) is 0. The fourth-order valence-corrected chi connectivity index (χ4v) is 5.50. The third-order valence-electron chi connectivity index (χ3n) is 5.52. The van der Waals surface area contributed by atoms with Crippen molar-refractivity contribution >= 4 is 74.5 Å².